The van der Waals surface area contributed by atoms with E-state index < -0.39 is 39.0 Å². The molecule has 1 aliphatic heterocycles. The van der Waals surface area contributed by atoms with E-state index in [9.17, 15) is 19.7 Å². The fourth-order valence-electron chi connectivity index (χ4n) is 3.08. The van der Waals surface area contributed by atoms with E-state index in [1.54, 1.807) is 0 Å². The van der Waals surface area contributed by atoms with Crippen LogP contribution in [0, 0.1) is 0 Å². The van der Waals surface area contributed by atoms with Gasteiger partial charge in [0, 0.05) is 0 Å². The van der Waals surface area contributed by atoms with Crippen LogP contribution in [0.4, 0.5) is 0 Å². The molecule has 1 unspecified atom stereocenters. The molecule has 1 fully saturated rings. The lowest BCUT2D eigenvalue weighted by Gasteiger charge is -2.19. The first-order chi connectivity index (χ1) is 13.4. The molecular formula is C19H34NO8P. The maximum Gasteiger partial charge on any atom is 0.474 e. The standard InChI is InChI=1S/C19H31O8P.H3N/c20-14-16-17(21)18(22)19(26-16)27-28(23,24)25-13-9-4-2-1-3-6-10-15-11-7-5-8-12-15;/h5,7-8,11-12,16-22H,1-4,6,9-10,13-14H2,(H,23,24);1H3/t16-,17-,18+,19+;/m1./s1. The first kappa shape index (κ1) is 26.2. The van der Waals surface area contributed by atoms with E-state index in [0.29, 0.717) is 6.42 Å². The zero-order valence-electron chi connectivity index (χ0n) is 16.6. The Kier molecular flexibility index (Phi) is 12.1. The highest BCUT2D eigenvalue weighted by atomic mass is 31.2. The number of hydrogen-bond donors (Lipinski definition) is 5. The van der Waals surface area contributed by atoms with Crippen LogP contribution >= 0.6 is 7.82 Å². The smallest absolute Gasteiger partial charge is 0.394 e. The number of hydrogen-bond acceptors (Lipinski definition) is 8. The van der Waals surface area contributed by atoms with Crippen molar-refractivity contribution in [2.45, 2.75) is 69.5 Å². The Labute approximate surface area is 171 Å². The number of ether oxygens (including phenoxy) is 1. The van der Waals surface area contributed by atoms with Crippen LogP contribution in [0.25, 0.3) is 0 Å². The maximum absolute atomic E-state index is 11.9. The van der Waals surface area contributed by atoms with Gasteiger partial charge in [0.2, 0.25) is 0 Å². The van der Waals surface area contributed by atoms with Crippen LogP contribution in [-0.4, -0.2) is 58.0 Å². The van der Waals surface area contributed by atoms with Crippen LogP contribution < -0.4 is 6.15 Å². The van der Waals surface area contributed by atoms with Gasteiger partial charge in [0.25, 0.3) is 0 Å². The lowest BCUT2D eigenvalue weighted by molar-refractivity contribution is -0.128. The fraction of sp³-hybridized carbons (Fsp3) is 0.684. The minimum Gasteiger partial charge on any atom is -0.394 e. The van der Waals surface area contributed by atoms with Gasteiger partial charge in [-0.15, -0.1) is 0 Å². The summed E-state index contributed by atoms with van der Waals surface area (Å²) in [5.74, 6) is 0. The molecule has 1 heterocycles. The molecule has 10 heteroatoms. The van der Waals surface area contributed by atoms with Gasteiger partial charge < -0.3 is 31.1 Å². The molecule has 0 amide bonds. The summed E-state index contributed by atoms with van der Waals surface area (Å²) in [5, 5.41) is 28.3. The zero-order valence-corrected chi connectivity index (χ0v) is 17.5. The number of rotatable bonds is 13. The van der Waals surface area contributed by atoms with Crippen molar-refractivity contribution in [1.82, 2.24) is 6.15 Å². The van der Waals surface area contributed by atoms with E-state index in [1.165, 1.54) is 5.56 Å². The van der Waals surface area contributed by atoms with Gasteiger partial charge in [0.05, 0.1) is 13.2 Å². The molecule has 0 spiro atoms. The highest BCUT2D eigenvalue weighted by Crippen LogP contribution is 2.46. The Morgan fingerprint density at radius 1 is 0.966 bits per heavy atom. The van der Waals surface area contributed by atoms with Gasteiger partial charge in [-0.3, -0.25) is 9.05 Å². The Hall–Kier alpha value is -0.870. The maximum atomic E-state index is 11.9. The Balaban J connectivity index is 0.00000420. The average Bonchev–Trinajstić information content (AvgIpc) is 2.94. The van der Waals surface area contributed by atoms with Gasteiger partial charge in [0.1, 0.15) is 18.3 Å². The van der Waals surface area contributed by atoms with Crippen LogP contribution in [0.15, 0.2) is 30.3 Å². The number of aliphatic hydroxyl groups excluding tert-OH is 3. The van der Waals surface area contributed by atoms with E-state index in [2.05, 4.69) is 12.1 Å². The molecule has 7 N–H and O–H groups in total. The third-order valence-corrected chi connectivity index (χ3v) is 5.68. The van der Waals surface area contributed by atoms with Crippen LogP contribution in [0.2, 0.25) is 0 Å². The van der Waals surface area contributed by atoms with Crippen LogP contribution in [0.3, 0.4) is 0 Å². The second kappa shape index (κ2) is 13.4. The molecule has 0 aliphatic carbocycles. The molecule has 1 aromatic carbocycles. The Morgan fingerprint density at radius 2 is 1.59 bits per heavy atom. The van der Waals surface area contributed by atoms with Crippen molar-refractivity contribution in [3.05, 3.63) is 35.9 Å². The van der Waals surface area contributed by atoms with E-state index in [0.717, 1.165) is 38.5 Å². The molecule has 168 valence electrons. The zero-order chi connectivity index (χ0) is 20.4. The number of unbranched alkanes of at least 4 members (excludes halogenated alkanes) is 5. The SMILES string of the molecule is N.O=P(O)(OCCCCCCCCc1ccccc1)O[C@@H]1O[C@H](CO)[C@@H](O)[C@@H]1O. The van der Waals surface area contributed by atoms with Crippen molar-refractivity contribution in [2.24, 2.45) is 0 Å². The second-order valence-electron chi connectivity index (χ2n) is 6.97. The molecule has 1 aliphatic rings. The number of phosphoric acid groups is 1. The first-order valence-electron chi connectivity index (χ1n) is 9.75. The number of benzene rings is 1. The highest BCUT2D eigenvalue weighted by molar-refractivity contribution is 7.47. The third-order valence-electron chi connectivity index (χ3n) is 4.69. The molecule has 1 aromatic rings. The molecule has 2 rings (SSSR count). The average molecular weight is 435 g/mol. The normalized spacial score (nSPS) is 26.1. The summed E-state index contributed by atoms with van der Waals surface area (Å²) in [6, 6.07) is 10.4. The summed E-state index contributed by atoms with van der Waals surface area (Å²) in [6.07, 6.45) is 1.46. The predicted molar refractivity (Wildman–Crippen MR) is 107 cm³/mol. The van der Waals surface area contributed by atoms with Gasteiger partial charge in [-0.2, -0.15) is 0 Å². The number of aliphatic hydroxyl groups is 3. The van der Waals surface area contributed by atoms with Gasteiger partial charge in [0.15, 0.2) is 6.29 Å². The van der Waals surface area contributed by atoms with Gasteiger partial charge in [-0.1, -0.05) is 56.0 Å². The molecule has 29 heavy (non-hydrogen) atoms. The summed E-state index contributed by atoms with van der Waals surface area (Å²) in [7, 11) is -4.42. The summed E-state index contributed by atoms with van der Waals surface area (Å²) in [6.45, 7) is -0.493. The predicted octanol–water partition coefficient (Wildman–Crippen LogP) is 2.30. The molecule has 0 aromatic heterocycles. The largest absolute Gasteiger partial charge is 0.474 e. The number of aryl methyl sites for hydroxylation is 1. The summed E-state index contributed by atoms with van der Waals surface area (Å²) in [5.41, 5.74) is 1.35. The molecular weight excluding hydrogens is 401 g/mol. The Bertz CT molecular complexity index is 605. The monoisotopic (exact) mass is 435 g/mol. The summed E-state index contributed by atoms with van der Waals surface area (Å²) >= 11 is 0. The summed E-state index contributed by atoms with van der Waals surface area (Å²) < 4.78 is 26.5. The second-order valence-corrected chi connectivity index (χ2v) is 8.38. The van der Waals surface area contributed by atoms with Gasteiger partial charge in [-0.25, -0.2) is 4.57 Å². The quantitative estimate of drug-likeness (QED) is 0.231. The molecule has 0 bridgehead atoms. The minimum atomic E-state index is -4.42. The topological polar surface area (TPSA) is 161 Å². The van der Waals surface area contributed by atoms with Crippen molar-refractivity contribution in [3.63, 3.8) is 0 Å². The van der Waals surface area contributed by atoms with Crippen LogP contribution in [0.1, 0.15) is 44.1 Å². The van der Waals surface area contributed by atoms with Crippen LogP contribution in [0.5, 0.6) is 0 Å². The fourth-order valence-corrected chi connectivity index (χ4v) is 3.93. The summed E-state index contributed by atoms with van der Waals surface area (Å²) in [4.78, 5) is 9.69. The van der Waals surface area contributed by atoms with E-state index in [4.69, 9.17) is 18.9 Å². The van der Waals surface area contributed by atoms with Gasteiger partial charge >= 0.3 is 7.82 Å². The minimum absolute atomic E-state index is 0. The van der Waals surface area contributed by atoms with Crippen molar-refractivity contribution in [2.75, 3.05) is 13.2 Å². The third kappa shape index (κ3) is 9.21. The molecule has 5 atom stereocenters. The first-order valence-corrected chi connectivity index (χ1v) is 11.2. The lowest BCUT2D eigenvalue weighted by atomic mass is 10.1. The molecule has 0 saturated carbocycles. The van der Waals surface area contributed by atoms with E-state index in [-0.39, 0.29) is 12.8 Å². The van der Waals surface area contributed by atoms with Crippen LogP contribution in [-0.2, 0) is 24.8 Å². The van der Waals surface area contributed by atoms with Crippen molar-refractivity contribution >= 4 is 7.82 Å². The van der Waals surface area contributed by atoms with E-state index >= 15 is 0 Å². The van der Waals surface area contributed by atoms with E-state index in [1.807, 2.05) is 18.2 Å². The molecule has 9 nitrogen and oxygen atoms in total. The van der Waals surface area contributed by atoms with Crippen molar-refractivity contribution in [3.8, 4) is 0 Å². The van der Waals surface area contributed by atoms with Gasteiger partial charge in [-0.05, 0) is 24.8 Å². The van der Waals surface area contributed by atoms with Crippen molar-refractivity contribution in [1.29, 1.82) is 0 Å². The Morgan fingerprint density at radius 3 is 2.21 bits per heavy atom. The number of phosphoric ester groups is 1. The molecule has 1 saturated heterocycles. The van der Waals surface area contributed by atoms with Crippen molar-refractivity contribution < 1.29 is 38.6 Å². The molecule has 0 radical (unpaired) electrons. The lowest BCUT2D eigenvalue weighted by Crippen LogP contribution is -2.34. The highest BCUT2D eigenvalue weighted by Gasteiger charge is 2.46.